The Kier molecular flexibility index (Phi) is 8.40. The van der Waals surface area contributed by atoms with Crippen LogP contribution in [0.4, 0.5) is 0 Å². The van der Waals surface area contributed by atoms with Gasteiger partial charge >= 0.3 is 0 Å². The summed E-state index contributed by atoms with van der Waals surface area (Å²) in [5.74, 6) is 1.49. The van der Waals surface area contributed by atoms with Crippen LogP contribution in [-0.2, 0) is 6.54 Å². The van der Waals surface area contributed by atoms with Gasteiger partial charge in [0.15, 0.2) is 5.96 Å². The number of benzene rings is 1. The number of ether oxygens (including phenoxy) is 1. The van der Waals surface area contributed by atoms with Crippen molar-refractivity contribution in [3.05, 3.63) is 41.3 Å². The van der Waals surface area contributed by atoms with E-state index in [1.54, 1.807) is 18.4 Å². The highest BCUT2D eigenvalue weighted by molar-refractivity contribution is 14.0. The van der Waals surface area contributed by atoms with E-state index in [9.17, 15) is 0 Å². The number of thiophene rings is 1. The lowest BCUT2D eigenvalue weighted by atomic mass is 10.2. The van der Waals surface area contributed by atoms with Gasteiger partial charge in [-0.3, -0.25) is 0 Å². The van der Waals surface area contributed by atoms with Crippen molar-refractivity contribution < 1.29 is 4.74 Å². The predicted octanol–water partition coefficient (Wildman–Crippen LogP) is 4.20. The summed E-state index contributed by atoms with van der Waals surface area (Å²) in [5.41, 5.74) is 7.20. The topological polar surface area (TPSA) is 50.8 Å². The molecule has 2 rings (SSSR count). The van der Waals surface area contributed by atoms with Gasteiger partial charge in [-0.15, -0.1) is 35.3 Å². The van der Waals surface area contributed by atoms with Gasteiger partial charge in [-0.1, -0.05) is 0 Å². The number of rotatable bonds is 6. The van der Waals surface area contributed by atoms with Gasteiger partial charge in [0.2, 0.25) is 0 Å². The molecule has 0 aliphatic rings. The zero-order valence-corrected chi connectivity index (χ0v) is 16.9. The van der Waals surface area contributed by atoms with E-state index in [1.807, 2.05) is 12.1 Å². The minimum absolute atomic E-state index is 0. The average Bonchev–Trinajstić information content (AvgIpc) is 3.03. The monoisotopic (exact) mass is 445 g/mol. The van der Waals surface area contributed by atoms with Crippen molar-refractivity contribution in [2.45, 2.75) is 20.4 Å². The smallest absolute Gasteiger partial charge is 0.191 e. The highest BCUT2D eigenvalue weighted by atomic mass is 127. The molecular formula is C17H24IN3OS. The van der Waals surface area contributed by atoms with E-state index < -0.39 is 0 Å². The summed E-state index contributed by atoms with van der Waals surface area (Å²) in [4.78, 5) is 8.98. The third-order valence-electron chi connectivity index (χ3n) is 3.52. The van der Waals surface area contributed by atoms with E-state index in [0.717, 1.165) is 18.8 Å². The molecule has 126 valence electrons. The second-order valence-electron chi connectivity index (χ2n) is 4.84. The molecule has 0 amide bonds. The highest BCUT2D eigenvalue weighted by Gasteiger charge is 2.05. The zero-order chi connectivity index (χ0) is 15.9. The van der Waals surface area contributed by atoms with Crippen LogP contribution in [-0.4, -0.2) is 31.1 Å². The van der Waals surface area contributed by atoms with Crippen LogP contribution >= 0.6 is 35.3 Å². The predicted molar refractivity (Wildman–Crippen MR) is 110 cm³/mol. The minimum atomic E-state index is 0. The maximum atomic E-state index is 6.00. The fourth-order valence-corrected chi connectivity index (χ4v) is 3.12. The molecule has 2 aromatic rings. The zero-order valence-electron chi connectivity index (χ0n) is 13.8. The number of methoxy groups -OCH3 is 1. The average molecular weight is 445 g/mol. The minimum Gasteiger partial charge on any atom is -0.497 e. The maximum Gasteiger partial charge on any atom is 0.191 e. The Morgan fingerprint density at radius 1 is 1.13 bits per heavy atom. The first kappa shape index (κ1) is 19.8. The first-order valence-electron chi connectivity index (χ1n) is 7.46. The molecule has 1 aromatic heterocycles. The Labute approximate surface area is 159 Å². The first-order chi connectivity index (χ1) is 10.7. The molecular weight excluding hydrogens is 421 g/mol. The molecule has 0 bridgehead atoms. The Morgan fingerprint density at radius 2 is 1.78 bits per heavy atom. The summed E-state index contributed by atoms with van der Waals surface area (Å²) in [7, 11) is 1.68. The second-order valence-corrected chi connectivity index (χ2v) is 6.01. The Balaban J connectivity index is 0.00000264. The van der Waals surface area contributed by atoms with Crippen molar-refractivity contribution in [1.29, 1.82) is 0 Å². The van der Waals surface area contributed by atoms with Crippen molar-refractivity contribution in [3.8, 4) is 16.2 Å². The number of halogens is 1. The quantitative estimate of drug-likeness (QED) is 0.412. The van der Waals surface area contributed by atoms with Crippen molar-refractivity contribution in [3.63, 3.8) is 0 Å². The highest BCUT2D eigenvalue weighted by Crippen LogP contribution is 2.29. The molecule has 0 saturated heterocycles. The number of nitrogens with zero attached hydrogens (tertiary/aromatic N) is 2. The van der Waals surface area contributed by atoms with E-state index in [4.69, 9.17) is 10.5 Å². The number of guanidine groups is 1. The third kappa shape index (κ3) is 5.39. The summed E-state index contributed by atoms with van der Waals surface area (Å²) in [6.07, 6.45) is 0. The molecule has 0 aliphatic carbocycles. The molecule has 0 atom stereocenters. The summed E-state index contributed by atoms with van der Waals surface area (Å²) in [6.45, 7) is 6.56. The van der Waals surface area contributed by atoms with Crippen molar-refractivity contribution in [2.24, 2.45) is 10.7 Å². The van der Waals surface area contributed by atoms with Crippen LogP contribution in [0.3, 0.4) is 0 Å². The van der Waals surface area contributed by atoms with E-state index in [0.29, 0.717) is 12.5 Å². The molecule has 4 nitrogen and oxygen atoms in total. The van der Waals surface area contributed by atoms with Crippen LogP contribution in [0.25, 0.3) is 10.4 Å². The van der Waals surface area contributed by atoms with Gasteiger partial charge in [-0.05, 0) is 55.8 Å². The van der Waals surface area contributed by atoms with E-state index in [-0.39, 0.29) is 24.0 Å². The molecule has 1 heterocycles. The maximum absolute atomic E-state index is 6.00. The van der Waals surface area contributed by atoms with Gasteiger partial charge in [0.05, 0.1) is 13.7 Å². The van der Waals surface area contributed by atoms with Gasteiger partial charge in [-0.25, -0.2) is 4.99 Å². The normalized spacial score (nSPS) is 11.0. The van der Waals surface area contributed by atoms with Gasteiger partial charge < -0.3 is 15.4 Å². The SMILES string of the molecule is CCN(CC)C(N)=NCc1ccc(-c2ccc(OC)cc2)s1.I. The largest absolute Gasteiger partial charge is 0.497 e. The van der Waals surface area contributed by atoms with Crippen LogP contribution in [0.5, 0.6) is 5.75 Å². The molecule has 0 spiro atoms. The van der Waals surface area contributed by atoms with Gasteiger partial charge in [0.25, 0.3) is 0 Å². The second kappa shape index (κ2) is 9.77. The Morgan fingerprint density at radius 3 is 2.35 bits per heavy atom. The molecule has 0 radical (unpaired) electrons. The molecule has 0 saturated carbocycles. The van der Waals surface area contributed by atoms with Crippen LogP contribution < -0.4 is 10.5 Å². The summed E-state index contributed by atoms with van der Waals surface area (Å²) >= 11 is 1.75. The molecule has 2 N–H and O–H groups in total. The molecule has 6 heteroatoms. The van der Waals surface area contributed by atoms with Gasteiger partial charge in [-0.2, -0.15) is 0 Å². The molecule has 0 aliphatic heterocycles. The van der Waals surface area contributed by atoms with Crippen molar-refractivity contribution in [1.82, 2.24) is 4.90 Å². The molecule has 1 aromatic carbocycles. The van der Waals surface area contributed by atoms with E-state index >= 15 is 0 Å². The van der Waals surface area contributed by atoms with Gasteiger partial charge in [0, 0.05) is 22.8 Å². The fraction of sp³-hybridized carbons (Fsp3) is 0.353. The lowest BCUT2D eigenvalue weighted by Gasteiger charge is -2.19. The standard InChI is InChI=1S/C17H23N3OS.HI/c1-4-20(5-2)17(18)19-12-15-10-11-16(22-15)13-6-8-14(21-3)9-7-13;/h6-11H,4-5,12H2,1-3H3,(H2,18,19);1H. The molecule has 23 heavy (non-hydrogen) atoms. The third-order valence-corrected chi connectivity index (χ3v) is 4.64. The number of hydrogen-bond donors (Lipinski definition) is 1. The Bertz CT molecular complexity index is 621. The summed E-state index contributed by atoms with van der Waals surface area (Å²) in [5, 5.41) is 0. The van der Waals surface area contributed by atoms with Crippen molar-refractivity contribution >= 4 is 41.3 Å². The van der Waals surface area contributed by atoms with Crippen LogP contribution in [0.15, 0.2) is 41.4 Å². The lowest BCUT2D eigenvalue weighted by molar-refractivity contribution is 0.415. The van der Waals surface area contributed by atoms with Crippen LogP contribution in [0.2, 0.25) is 0 Å². The Hall–Kier alpha value is -1.28. The summed E-state index contributed by atoms with van der Waals surface area (Å²) < 4.78 is 5.19. The number of hydrogen-bond acceptors (Lipinski definition) is 3. The van der Waals surface area contributed by atoms with E-state index in [2.05, 4.69) is 48.0 Å². The molecule has 0 fully saturated rings. The van der Waals surface area contributed by atoms with E-state index in [1.165, 1.54) is 15.3 Å². The number of nitrogens with two attached hydrogens (primary N) is 1. The molecule has 0 unspecified atom stereocenters. The fourth-order valence-electron chi connectivity index (χ4n) is 2.18. The lowest BCUT2D eigenvalue weighted by Crippen LogP contribution is -2.36. The first-order valence-corrected chi connectivity index (χ1v) is 8.27. The number of aliphatic imine (C=N–C) groups is 1. The van der Waals surface area contributed by atoms with Crippen LogP contribution in [0, 0.1) is 0 Å². The van der Waals surface area contributed by atoms with Crippen LogP contribution in [0.1, 0.15) is 18.7 Å². The summed E-state index contributed by atoms with van der Waals surface area (Å²) in [6, 6.07) is 12.3. The van der Waals surface area contributed by atoms with Gasteiger partial charge in [0.1, 0.15) is 5.75 Å². The van der Waals surface area contributed by atoms with Crippen molar-refractivity contribution in [2.75, 3.05) is 20.2 Å².